The van der Waals surface area contributed by atoms with Gasteiger partial charge in [0.1, 0.15) is 18.1 Å². The van der Waals surface area contributed by atoms with E-state index in [4.69, 9.17) is 37.4 Å². The molecule has 0 radical (unpaired) electrons. The van der Waals surface area contributed by atoms with Crippen LogP contribution in [0.25, 0.3) is 6.08 Å². The number of aromatic nitrogens is 1. The van der Waals surface area contributed by atoms with Crippen LogP contribution < -0.4 is 24.4 Å². The summed E-state index contributed by atoms with van der Waals surface area (Å²) in [5.41, 5.74) is 2.78. The van der Waals surface area contributed by atoms with Crippen molar-refractivity contribution in [1.29, 1.82) is 0 Å². The molecule has 0 unspecified atom stereocenters. The van der Waals surface area contributed by atoms with Gasteiger partial charge in [-0.25, -0.2) is 9.79 Å². The van der Waals surface area contributed by atoms with Gasteiger partial charge in [0.05, 0.1) is 35.1 Å². The van der Waals surface area contributed by atoms with Crippen molar-refractivity contribution < 1.29 is 19.0 Å². The summed E-state index contributed by atoms with van der Waals surface area (Å²) in [7, 11) is 0. The summed E-state index contributed by atoms with van der Waals surface area (Å²) in [6, 6.07) is 19.3. The number of thiazole rings is 1. The summed E-state index contributed by atoms with van der Waals surface area (Å²) < 4.78 is 19.0. The fourth-order valence-corrected chi connectivity index (χ4v) is 6.14. The van der Waals surface area contributed by atoms with E-state index in [2.05, 4.69) is 4.99 Å². The first-order valence-corrected chi connectivity index (χ1v) is 15.0. The number of hydrogen-bond acceptors (Lipinski definition) is 7. The van der Waals surface area contributed by atoms with E-state index in [-0.39, 0.29) is 18.8 Å². The van der Waals surface area contributed by atoms with Crippen molar-refractivity contribution in [2.24, 2.45) is 4.99 Å². The lowest BCUT2D eigenvalue weighted by molar-refractivity contribution is -0.139. The van der Waals surface area contributed by atoms with E-state index in [1.807, 2.05) is 49.4 Å². The van der Waals surface area contributed by atoms with E-state index in [0.717, 1.165) is 11.1 Å². The van der Waals surface area contributed by atoms with Crippen molar-refractivity contribution in [3.8, 4) is 11.5 Å². The molecule has 1 atom stereocenters. The van der Waals surface area contributed by atoms with Gasteiger partial charge in [0.2, 0.25) is 0 Å². The van der Waals surface area contributed by atoms with Crippen LogP contribution in [-0.2, 0) is 16.1 Å². The topological polar surface area (TPSA) is 79.1 Å². The molecule has 0 bridgehead atoms. The van der Waals surface area contributed by atoms with Gasteiger partial charge in [0, 0.05) is 15.6 Å². The molecule has 2 heterocycles. The highest BCUT2D eigenvalue weighted by Crippen LogP contribution is 2.32. The molecule has 0 aliphatic carbocycles. The molecule has 0 amide bonds. The van der Waals surface area contributed by atoms with Gasteiger partial charge < -0.3 is 14.2 Å². The largest absolute Gasteiger partial charge is 0.494 e. The Hall–Kier alpha value is -3.85. The monoisotopic (exact) mass is 622 g/mol. The van der Waals surface area contributed by atoms with Gasteiger partial charge in [-0.1, -0.05) is 58.8 Å². The third-order valence-corrected chi connectivity index (χ3v) is 8.02. The molecule has 3 aromatic carbocycles. The van der Waals surface area contributed by atoms with E-state index < -0.39 is 12.0 Å². The first kappa shape index (κ1) is 29.6. The quantitative estimate of drug-likeness (QED) is 0.211. The molecule has 1 aliphatic heterocycles. The predicted molar refractivity (Wildman–Crippen MR) is 165 cm³/mol. The number of fused-ring (bicyclic) bond motifs is 1. The summed E-state index contributed by atoms with van der Waals surface area (Å²) >= 11 is 13.7. The summed E-state index contributed by atoms with van der Waals surface area (Å²) in [4.78, 5) is 32.3. The Morgan fingerprint density at radius 3 is 2.48 bits per heavy atom. The Morgan fingerprint density at radius 2 is 1.76 bits per heavy atom. The van der Waals surface area contributed by atoms with Gasteiger partial charge in [0.25, 0.3) is 5.56 Å². The number of hydrogen-bond donors (Lipinski definition) is 0. The second-order valence-corrected chi connectivity index (χ2v) is 11.3. The van der Waals surface area contributed by atoms with Crippen LogP contribution >= 0.6 is 34.5 Å². The average molecular weight is 624 g/mol. The first-order valence-electron chi connectivity index (χ1n) is 13.4. The molecule has 0 spiro atoms. The highest BCUT2D eigenvalue weighted by Gasteiger charge is 2.33. The molecule has 5 rings (SSSR count). The molecule has 7 nitrogen and oxygen atoms in total. The SMILES string of the molecule is CCOC(=O)C1=C(C)N=c2s/c(=C\c3cc(Cl)ccc3OCc3cccc(Cl)c3)c(=O)n2[C@H]1c1ccc(OCC)cc1. The van der Waals surface area contributed by atoms with Gasteiger partial charge in [0.15, 0.2) is 4.80 Å². The molecule has 10 heteroatoms. The van der Waals surface area contributed by atoms with Crippen LogP contribution in [0.4, 0.5) is 0 Å². The molecule has 1 aliphatic rings. The molecule has 0 saturated heterocycles. The van der Waals surface area contributed by atoms with Crippen molar-refractivity contribution in [3.05, 3.63) is 124 Å². The second kappa shape index (κ2) is 13.0. The Morgan fingerprint density at radius 1 is 1.00 bits per heavy atom. The Kier molecular flexibility index (Phi) is 9.16. The van der Waals surface area contributed by atoms with Crippen molar-refractivity contribution in [1.82, 2.24) is 4.57 Å². The Balaban J connectivity index is 1.61. The van der Waals surface area contributed by atoms with E-state index in [0.29, 0.717) is 54.3 Å². The zero-order valence-corrected chi connectivity index (χ0v) is 25.6. The van der Waals surface area contributed by atoms with Gasteiger partial charge in [-0.3, -0.25) is 9.36 Å². The number of carbonyl (C=O) groups excluding carboxylic acids is 1. The smallest absolute Gasteiger partial charge is 0.338 e. The normalized spacial score (nSPS) is 14.8. The molecule has 216 valence electrons. The highest BCUT2D eigenvalue weighted by molar-refractivity contribution is 7.07. The van der Waals surface area contributed by atoms with E-state index in [1.54, 1.807) is 48.8 Å². The summed E-state index contributed by atoms with van der Waals surface area (Å²) in [6.45, 7) is 6.41. The number of ether oxygens (including phenoxy) is 3. The minimum Gasteiger partial charge on any atom is -0.494 e. The Labute approximate surface area is 256 Å². The predicted octanol–water partition coefficient (Wildman–Crippen LogP) is 6.08. The van der Waals surface area contributed by atoms with Crippen LogP contribution in [0.2, 0.25) is 10.0 Å². The molecule has 42 heavy (non-hydrogen) atoms. The number of nitrogens with zero attached hydrogens (tertiary/aromatic N) is 2. The summed E-state index contributed by atoms with van der Waals surface area (Å²) in [5.74, 6) is 0.730. The van der Waals surface area contributed by atoms with Crippen molar-refractivity contribution >= 4 is 46.6 Å². The average Bonchev–Trinajstić information content (AvgIpc) is 3.26. The maximum atomic E-state index is 14.0. The lowest BCUT2D eigenvalue weighted by Gasteiger charge is -2.24. The highest BCUT2D eigenvalue weighted by atomic mass is 35.5. The van der Waals surface area contributed by atoms with E-state index >= 15 is 0 Å². The van der Waals surface area contributed by atoms with Crippen LogP contribution in [0.3, 0.4) is 0 Å². The molecule has 4 aromatic rings. The minimum atomic E-state index is -0.726. The van der Waals surface area contributed by atoms with Gasteiger partial charge >= 0.3 is 5.97 Å². The lowest BCUT2D eigenvalue weighted by atomic mass is 9.96. The molecule has 0 N–H and O–H groups in total. The molecule has 1 aromatic heterocycles. The van der Waals surface area contributed by atoms with Gasteiger partial charge in [-0.2, -0.15) is 0 Å². The third kappa shape index (κ3) is 6.31. The maximum Gasteiger partial charge on any atom is 0.338 e. The molecular weight excluding hydrogens is 595 g/mol. The van der Waals surface area contributed by atoms with Crippen LogP contribution in [0.15, 0.2) is 87.8 Å². The number of esters is 1. The van der Waals surface area contributed by atoms with E-state index in [1.165, 1.54) is 11.3 Å². The fourth-order valence-electron chi connectivity index (χ4n) is 4.71. The molecule has 0 saturated carbocycles. The Bertz CT molecular complexity index is 1840. The minimum absolute atomic E-state index is 0.197. The molecular formula is C32H28Cl2N2O5S. The van der Waals surface area contributed by atoms with Crippen LogP contribution in [0, 0.1) is 0 Å². The summed E-state index contributed by atoms with van der Waals surface area (Å²) in [5, 5.41) is 1.12. The number of benzene rings is 3. The number of allylic oxidation sites excluding steroid dienone is 1. The van der Waals surface area contributed by atoms with Gasteiger partial charge in [-0.05, 0) is 80.4 Å². The first-order chi connectivity index (χ1) is 20.3. The van der Waals surface area contributed by atoms with Crippen LogP contribution in [0.5, 0.6) is 11.5 Å². The third-order valence-electron chi connectivity index (χ3n) is 6.57. The maximum absolute atomic E-state index is 14.0. The van der Waals surface area contributed by atoms with E-state index in [9.17, 15) is 9.59 Å². The standard InChI is InChI=1S/C32H28Cl2N2O5S/c1-4-39-25-12-9-21(10-13-25)29-28(31(38)40-5-2)19(3)35-32-36(29)30(37)27(42-32)17-22-16-24(34)11-14-26(22)41-18-20-7-6-8-23(33)15-20/h6-17,29H,4-5,18H2,1-3H3/b27-17-/t29-/m0/s1. The zero-order valence-electron chi connectivity index (χ0n) is 23.2. The number of carbonyl (C=O) groups is 1. The van der Waals surface area contributed by atoms with Crippen LogP contribution in [0.1, 0.15) is 43.5 Å². The molecule has 0 fully saturated rings. The number of rotatable bonds is 9. The second-order valence-electron chi connectivity index (χ2n) is 9.41. The van der Waals surface area contributed by atoms with Crippen LogP contribution in [-0.4, -0.2) is 23.8 Å². The lowest BCUT2D eigenvalue weighted by Crippen LogP contribution is -2.39. The number of halogens is 2. The van der Waals surface area contributed by atoms with Crippen molar-refractivity contribution in [2.75, 3.05) is 13.2 Å². The van der Waals surface area contributed by atoms with Crippen molar-refractivity contribution in [2.45, 2.75) is 33.4 Å². The zero-order chi connectivity index (χ0) is 29.8. The fraction of sp³-hybridized carbons (Fsp3) is 0.219. The van der Waals surface area contributed by atoms with Crippen molar-refractivity contribution in [3.63, 3.8) is 0 Å². The summed E-state index contributed by atoms with van der Waals surface area (Å²) in [6.07, 6.45) is 1.74. The van der Waals surface area contributed by atoms with Gasteiger partial charge in [-0.15, -0.1) is 0 Å².